The third kappa shape index (κ3) is 3.78. The maximum Gasteiger partial charge on any atom is 0.251 e. The van der Waals surface area contributed by atoms with Crippen molar-refractivity contribution in [3.8, 4) is 11.5 Å². The Kier molecular flexibility index (Phi) is 5.40. The molecule has 7 heteroatoms. The van der Waals surface area contributed by atoms with Crippen LogP contribution < -0.4 is 19.3 Å². The molecular weight excluding hydrogens is 370 g/mol. The molecule has 4 rings (SSSR count). The summed E-state index contributed by atoms with van der Waals surface area (Å²) >= 11 is 0. The maximum atomic E-state index is 13.0. The zero-order valence-electron chi connectivity index (χ0n) is 16.7. The highest BCUT2D eigenvalue weighted by molar-refractivity contribution is 6.22. The van der Waals surface area contributed by atoms with E-state index in [0.717, 1.165) is 37.6 Å². The van der Waals surface area contributed by atoms with Gasteiger partial charge in [-0.1, -0.05) is 0 Å². The Labute approximate surface area is 170 Å². The van der Waals surface area contributed by atoms with Crippen LogP contribution in [-0.2, 0) is 9.59 Å². The van der Waals surface area contributed by atoms with Crippen molar-refractivity contribution < 1.29 is 19.1 Å². The molecule has 2 aromatic carbocycles. The second kappa shape index (κ2) is 8.13. The molecule has 1 atom stereocenters. The van der Waals surface area contributed by atoms with E-state index in [4.69, 9.17) is 9.47 Å². The van der Waals surface area contributed by atoms with Crippen LogP contribution in [0.5, 0.6) is 11.5 Å². The van der Waals surface area contributed by atoms with Crippen LogP contribution in [0.25, 0.3) is 0 Å². The minimum atomic E-state index is -0.386. The maximum absolute atomic E-state index is 13.0. The van der Waals surface area contributed by atoms with Crippen molar-refractivity contribution in [3.63, 3.8) is 0 Å². The van der Waals surface area contributed by atoms with Gasteiger partial charge in [-0.05, 0) is 48.5 Å². The van der Waals surface area contributed by atoms with Gasteiger partial charge in [0.15, 0.2) is 0 Å². The quantitative estimate of drug-likeness (QED) is 0.723. The molecule has 152 valence electrons. The first kappa shape index (κ1) is 19.3. The molecule has 0 bridgehead atoms. The fourth-order valence-corrected chi connectivity index (χ4v) is 3.99. The number of rotatable bonds is 5. The summed E-state index contributed by atoms with van der Waals surface area (Å²) in [6.07, 6.45) is 0.230. The summed E-state index contributed by atoms with van der Waals surface area (Å²) in [5, 5.41) is 0. The van der Waals surface area contributed by atoms with Gasteiger partial charge < -0.3 is 14.4 Å². The number of hydrogen-bond donors (Lipinski definition) is 0. The van der Waals surface area contributed by atoms with Gasteiger partial charge in [0.2, 0.25) is 5.91 Å². The van der Waals surface area contributed by atoms with E-state index in [-0.39, 0.29) is 24.3 Å². The monoisotopic (exact) mass is 395 g/mol. The fraction of sp³-hybridized carbons (Fsp3) is 0.364. The summed E-state index contributed by atoms with van der Waals surface area (Å²) < 4.78 is 10.4. The van der Waals surface area contributed by atoms with Gasteiger partial charge in [0.25, 0.3) is 5.91 Å². The second-order valence-electron chi connectivity index (χ2n) is 7.21. The van der Waals surface area contributed by atoms with Crippen LogP contribution in [0.15, 0.2) is 48.5 Å². The van der Waals surface area contributed by atoms with E-state index in [1.54, 1.807) is 38.5 Å². The van der Waals surface area contributed by atoms with Crippen molar-refractivity contribution in [2.24, 2.45) is 0 Å². The van der Waals surface area contributed by atoms with E-state index >= 15 is 0 Å². The first-order valence-corrected chi connectivity index (χ1v) is 9.74. The molecule has 0 saturated carbocycles. The number of amides is 2. The first-order chi connectivity index (χ1) is 14.1. The molecule has 0 aromatic heterocycles. The topological polar surface area (TPSA) is 62.3 Å². The van der Waals surface area contributed by atoms with Crippen LogP contribution in [0.1, 0.15) is 6.42 Å². The molecule has 2 aliphatic rings. The second-order valence-corrected chi connectivity index (χ2v) is 7.21. The number of nitrogens with zero attached hydrogens (tertiary/aromatic N) is 3. The Balaban J connectivity index is 1.40. The number of imide groups is 1. The number of anilines is 2. The summed E-state index contributed by atoms with van der Waals surface area (Å²) in [6, 6.07) is 14.6. The molecule has 2 heterocycles. The van der Waals surface area contributed by atoms with Crippen molar-refractivity contribution >= 4 is 23.2 Å². The van der Waals surface area contributed by atoms with E-state index in [9.17, 15) is 9.59 Å². The van der Waals surface area contributed by atoms with Crippen molar-refractivity contribution in [2.75, 3.05) is 50.2 Å². The molecule has 2 fully saturated rings. The van der Waals surface area contributed by atoms with Gasteiger partial charge in [0.1, 0.15) is 11.5 Å². The molecule has 7 nitrogen and oxygen atoms in total. The standard InChI is InChI=1S/C22H25N3O4/c1-28-18-7-3-16(4-8-18)23-11-13-24(14-12-23)20-15-21(26)25(22(20)27)17-5-9-19(29-2)10-6-17/h3-10,20H,11-15H2,1-2H3/t20-/m0/s1. The van der Waals surface area contributed by atoms with E-state index < -0.39 is 0 Å². The number of carbonyl (C=O) groups excluding carboxylic acids is 2. The van der Waals surface area contributed by atoms with E-state index in [0.29, 0.717) is 11.4 Å². The highest BCUT2D eigenvalue weighted by Gasteiger charge is 2.43. The zero-order chi connectivity index (χ0) is 20.4. The normalized spacial score (nSPS) is 20.3. The van der Waals surface area contributed by atoms with Gasteiger partial charge in [-0.25, -0.2) is 4.90 Å². The lowest BCUT2D eigenvalue weighted by Gasteiger charge is -2.38. The highest BCUT2D eigenvalue weighted by atomic mass is 16.5. The number of benzene rings is 2. The number of piperazine rings is 1. The van der Waals surface area contributed by atoms with Crippen LogP contribution in [0.3, 0.4) is 0 Å². The highest BCUT2D eigenvalue weighted by Crippen LogP contribution is 2.28. The van der Waals surface area contributed by atoms with E-state index in [1.807, 2.05) is 24.3 Å². The summed E-state index contributed by atoms with van der Waals surface area (Å²) in [4.78, 5) is 31.3. The van der Waals surface area contributed by atoms with Crippen molar-refractivity contribution in [2.45, 2.75) is 12.5 Å². The Morgan fingerprint density at radius 2 is 1.28 bits per heavy atom. The smallest absolute Gasteiger partial charge is 0.251 e. The minimum Gasteiger partial charge on any atom is -0.497 e. The van der Waals surface area contributed by atoms with Crippen LogP contribution in [0.4, 0.5) is 11.4 Å². The number of methoxy groups -OCH3 is 2. The van der Waals surface area contributed by atoms with Gasteiger partial charge in [0, 0.05) is 31.9 Å². The molecular formula is C22H25N3O4. The van der Waals surface area contributed by atoms with Gasteiger partial charge in [0.05, 0.1) is 32.4 Å². The minimum absolute atomic E-state index is 0.141. The number of hydrogen-bond acceptors (Lipinski definition) is 6. The van der Waals surface area contributed by atoms with Crippen LogP contribution >= 0.6 is 0 Å². The van der Waals surface area contributed by atoms with Crippen molar-refractivity contribution in [3.05, 3.63) is 48.5 Å². The molecule has 0 spiro atoms. The molecule has 2 aromatic rings. The fourth-order valence-electron chi connectivity index (χ4n) is 3.99. The van der Waals surface area contributed by atoms with E-state index in [2.05, 4.69) is 9.80 Å². The Morgan fingerprint density at radius 1 is 0.759 bits per heavy atom. The lowest BCUT2D eigenvalue weighted by Crippen LogP contribution is -2.52. The Bertz CT molecular complexity index is 874. The summed E-state index contributed by atoms with van der Waals surface area (Å²) in [7, 11) is 3.24. The lowest BCUT2D eigenvalue weighted by molar-refractivity contribution is -0.123. The Morgan fingerprint density at radius 3 is 1.79 bits per heavy atom. The molecule has 0 N–H and O–H groups in total. The van der Waals surface area contributed by atoms with Crippen molar-refractivity contribution in [1.29, 1.82) is 0 Å². The SMILES string of the molecule is COc1ccc(N2CCN([C@H]3CC(=O)N(c4ccc(OC)cc4)C3=O)CC2)cc1. The predicted octanol–water partition coefficient (Wildman–Crippen LogP) is 2.16. The van der Waals surface area contributed by atoms with Crippen LogP contribution in [-0.4, -0.2) is 63.2 Å². The number of ether oxygens (including phenoxy) is 2. The lowest BCUT2D eigenvalue weighted by atomic mass is 10.1. The van der Waals surface area contributed by atoms with E-state index in [1.165, 1.54) is 4.90 Å². The molecule has 2 aliphatic heterocycles. The molecule has 2 saturated heterocycles. The predicted molar refractivity (Wildman–Crippen MR) is 111 cm³/mol. The van der Waals surface area contributed by atoms with Gasteiger partial charge in [-0.2, -0.15) is 0 Å². The average molecular weight is 395 g/mol. The Hall–Kier alpha value is -3.06. The van der Waals surface area contributed by atoms with Crippen molar-refractivity contribution in [1.82, 2.24) is 4.90 Å². The number of carbonyl (C=O) groups is 2. The van der Waals surface area contributed by atoms with Gasteiger partial charge >= 0.3 is 0 Å². The average Bonchev–Trinajstić information content (AvgIpc) is 3.08. The third-order valence-corrected chi connectivity index (χ3v) is 5.65. The molecule has 29 heavy (non-hydrogen) atoms. The van der Waals surface area contributed by atoms with Crippen LogP contribution in [0.2, 0.25) is 0 Å². The molecule has 2 amide bonds. The third-order valence-electron chi connectivity index (χ3n) is 5.65. The molecule has 0 aliphatic carbocycles. The largest absolute Gasteiger partial charge is 0.497 e. The van der Waals surface area contributed by atoms with Gasteiger partial charge in [-0.15, -0.1) is 0 Å². The summed E-state index contributed by atoms with van der Waals surface area (Å²) in [5.41, 5.74) is 1.74. The summed E-state index contributed by atoms with van der Waals surface area (Å²) in [6.45, 7) is 3.11. The first-order valence-electron chi connectivity index (χ1n) is 9.74. The van der Waals surface area contributed by atoms with Gasteiger partial charge in [-0.3, -0.25) is 14.5 Å². The molecule has 0 unspecified atom stereocenters. The van der Waals surface area contributed by atoms with Crippen LogP contribution in [0, 0.1) is 0 Å². The molecule has 0 radical (unpaired) electrons. The summed E-state index contributed by atoms with van der Waals surface area (Å²) in [5.74, 6) is 1.24. The zero-order valence-corrected chi connectivity index (χ0v) is 16.7.